The Balaban J connectivity index is 2.30. The number of benzene rings is 4. The van der Waals surface area contributed by atoms with Crippen LogP contribution < -0.4 is 0 Å². The van der Waals surface area contributed by atoms with Gasteiger partial charge >= 0.3 is 0 Å². The lowest BCUT2D eigenvalue weighted by Gasteiger charge is -2.27. The van der Waals surface area contributed by atoms with Gasteiger partial charge in [0.05, 0.1) is 11.0 Å². The van der Waals surface area contributed by atoms with Crippen molar-refractivity contribution in [2.45, 2.75) is 54.0 Å². The van der Waals surface area contributed by atoms with Crippen LogP contribution in [0.3, 0.4) is 0 Å². The van der Waals surface area contributed by atoms with Crippen molar-refractivity contribution in [1.82, 2.24) is 4.57 Å². The number of rotatable bonds is 0. The van der Waals surface area contributed by atoms with Gasteiger partial charge in [-0.05, 0) is 92.3 Å². The molecule has 146 valence electrons. The SMILES string of the molecule is Cc1c(C)c2c(c3ccccc13)c1c3ccccc3c(C)c(C)c1n2C(C)(C)C. The van der Waals surface area contributed by atoms with Crippen molar-refractivity contribution in [2.24, 2.45) is 0 Å². The molecule has 0 aliphatic rings. The lowest BCUT2D eigenvalue weighted by Crippen LogP contribution is -2.22. The molecule has 5 rings (SSSR count). The molecule has 0 aliphatic carbocycles. The molecule has 4 aromatic carbocycles. The van der Waals surface area contributed by atoms with Gasteiger partial charge in [0.1, 0.15) is 0 Å². The van der Waals surface area contributed by atoms with Gasteiger partial charge in [-0.1, -0.05) is 48.5 Å². The number of nitrogens with zero attached hydrogens (tertiary/aromatic N) is 1. The first-order valence-corrected chi connectivity index (χ1v) is 10.6. The summed E-state index contributed by atoms with van der Waals surface area (Å²) in [6.45, 7) is 16.2. The minimum Gasteiger partial charge on any atom is -0.335 e. The highest BCUT2D eigenvalue weighted by Crippen LogP contribution is 2.46. The Morgan fingerprint density at radius 2 is 0.862 bits per heavy atom. The van der Waals surface area contributed by atoms with E-state index in [1.807, 2.05) is 0 Å². The fourth-order valence-electron chi connectivity index (χ4n) is 5.29. The van der Waals surface area contributed by atoms with Gasteiger partial charge in [-0.25, -0.2) is 0 Å². The molecule has 0 bridgehead atoms. The molecule has 29 heavy (non-hydrogen) atoms. The van der Waals surface area contributed by atoms with Gasteiger partial charge in [0.2, 0.25) is 0 Å². The van der Waals surface area contributed by atoms with Crippen LogP contribution in [0.1, 0.15) is 43.0 Å². The normalized spacial score (nSPS) is 12.7. The third-order valence-electron chi connectivity index (χ3n) is 6.88. The van der Waals surface area contributed by atoms with Crippen LogP contribution in [0.5, 0.6) is 0 Å². The quantitative estimate of drug-likeness (QED) is 0.256. The summed E-state index contributed by atoms with van der Waals surface area (Å²) in [5.41, 5.74) is 8.33. The number of aryl methyl sites for hydroxylation is 4. The van der Waals surface area contributed by atoms with Gasteiger partial charge in [-0.2, -0.15) is 0 Å². The van der Waals surface area contributed by atoms with Crippen LogP contribution >= 0.6 is 0 Å². The summed E-state index contributed by atoms with van der Waals surface area (Å²) in [5.74, 6) is 0. The zero-order chi connectivity index (χ0) is 20.7. The van der Waals surface area contributed by atoms with Crippen molar-refractivity contribution >= 4 is 43.4 Å². The van der Waals surface area contributed by atoms with Crippen LogP contribution in [0.15, 0.2) is 48.5 Å². The molecule has 1 heteroatoms. The lowest BCUT2D eigenvalue weighted by atomic mass is 9.92. The zero-order valence-corrected chi connectivity index (χ0v) is 18.6. The maximum Gasteiger partial charge on any atom is 0.0535 e. The second kappa shape index (κ2) is 5.86. The Bertz CT molecular complexity index is 1350. The van der Waals surface area contributed by atoms with Gasteiger partial charge in [0, 0.05) is 16.3 Å². The second-order valence-electron chi connectivity index (χ2n) is 9.54. The molecule has 1 heterocycles. The monoisotopic (exact) mass is 379 g/mol. The molecule has 0 radical (unpaired) electrons. The van der Waals surface area contributed by atoms with Crippen molar-refractivity contribution in [1.29, 1.82) is 0 Å². The highest BCUT2D eigenvalue weighted by Gasteiger charge is 2.27. The van der Waals surface area contributed by atoms with E-state index < -0.39 is 0 Å². The number of aromatic nitrogens is 1. The van der Waals surface area contributed by atoms with Gasteiger partial charge in [-0.3, -0.25) is 0 Å². The summed E-state index contributed by atoms with van der Waals surface area (Å²) in [7, 11) is 0. The van der Waals surface area contributed by atoms with Gasteiger partial charge in [0.15, 0.2) is 0 Å². The van der Waals surface area contributed by atoms with Gasteiger partial charge in [0.25, 0.3) is 0 Å². The molecule has 0 amide bonds. The van der Waals surface area contributed by atoms with Crippen molar-refractivity contribution in [3.8, 4) is 0 Å². The maximum absolute atomic E-state index is 2.61. The summed E-state index contributed by atoms with van der Waals surface area (Å²) in [5, 5.41) is 8.29. The minimum atomic E-state index is -0.0146. The number of hydrogen-bond donors (Lipinski definition) is 0. The van der Waals surface area contributed by atoms with Crippen LogP contribution in [-0.2, 0) is 5.54 Å². The first kappa shape index (κ1) is 18.2. The Kier molecular flexibility index (Phi) is 3.68. The third kappa shape index (κ3) is 2.28. The van der Waals surface area contributed by atoms with E-state index in [-0.39, 0.29) is 5.54 Å². The predicted octanol–water partition coefficient (Wildman–Crippen LogP) is 8.09. The van der Waals surface area contributed by atoms with Gasteiger partial charge < -0.3 is 4.57 Å². The average Bonchev–Trinajstić information content (AvgIpc) is 3.07. The second-order valence-corrected chi connectivity index (χ2v) is 9.54. The smallest absolute Gasteiger partial charge is 0.0535 e. The Labute approximate surface area is 172 Å². The Morgan fingerprint density at radius 3 is 1.21 bits per heavy atom. The average molecular weight is 380 g/mol. The van der Waals surface area contributed by atoms with Crippen molar-refractivity contribution in [3.05, 3.63) is 70.8 Å². The fraction of sp³-hybridized carbons (Fsp3) is 0.286. The first-order chi connectivity index (χ1) is 13.7. The molecule has 0 saturated heterocycles. The van der Waals surface area contributed by atoms with E-state index in [9.17, 15) is 0 Å². The van der Waals surface area contributed by atoms with Crippen molar-refractivity contribution in [3.63, 3.8) is 0 Å². The minimum absolute atomic E-state index is 0.0146. The topological polar surface area (TPSA) is 4.93 Å². The van der Waals surface area contributed by atoms with E-state index >= 15 is 0 Å². The molecule has 5 aromatic rings. The van der Waals surface area contributed by atoms with Gasteiger partial charge in [-0.15, -0.1) is 0 Å². The molecule has 0 aliphatic heterocycles. The van der Waals surface area contributed by atoms with Crippen LogP contribution in [-0.4, -0.2) is 4.57 Å². The molecule has 0 fully saturated rings. The zero-order valence-electron chi connectivity index (χ0n) is 18.6. The number of fused-ring (bicyclic) bond motifs is 7. The standard InChI is InChI=1S/C28H29N/c1-16-18(3)26-24(22-14-10-8-12-20(16)22)25-23-15-11-9-13-21(23)17(2)19(4)27(25)29(26)28(5,6)7/h8-15H,1-7H3. The summed E-state index contributed by atoms with van der Waals surface area (Å²) in [4.78, 5) is 0. The van der Waals surface area contributed by atoms with E-state index in [0.717, 1.165) is 0 Å². The molecule has 1 aromatic heterocycles. The first-order valence-electron chi connectivity index (χ1n) is 10.6. The molecule has 1 nitrogen and oxygen atoms in total. The highest BCUT2D eigenvalue weighted by molar-refractivity contribution is 6.30. The lowest BCUT2D eigenvalue weighted by molar-refractivity contribution is 0.422. The summed E-state index contributed by atoms with van der Waals surface area (Å²) >= 11 is 0. The molecule has 0 atom stereocenters. The summed E-state index contributed by atoms with van der Waals surface area (Å²) < 4.78 is 2.61. The summed E-state index contributed by atoms with van der Waals surface area (Å²) in [6.07, 6.45) is 0. The van der Waals surface area contributed by atoms with Crippen LogP contribution in [0.4, 0.5) is 0 Å². The molecule has 0 N–H and O–H groups in total. The van der Waals surface area contributed by atoms with E-state index in [0.29, 0.717) is 0 Å². The molecular formula is C28H29N. The molecular weight excluding hydrogens is 350 g/mol. The molecule has 0 saturated carbocycles. The Hall–Kier alpha value is -2.80. The van der Waals surface area contributed by atoms with Crippen molar-refractivity contribution < 1.29 is 0 Å². The van der Waals surface area contributed by atoms with Crippen molar-refractivity contribution in [2.75, 3.05) is 0 Å². The summed E-state index contributed by atoms with van der Waals surface area (Å²) in [6, 6.07) is 17.9. The van der Waals surface area contributed by atoms with E-state index in [4.69, 9.17) is 0 Å². The Morgan fingerprint density at radius 1 is 0.517 bits per heavy atom. The largest absolute Gasteiger partial charge is 0.335 e. The predicted molar refractivity (Wildman–Crippen MR) is 128 cm³/mol. The van der Waals surface area contributed by atoms with E-state index in [1.54, 1.807) is 0 Å². The highest BCUT2D eigenvalue weighted by atomic mass is 15.1. The molecule has 0 spiro atoms. The van der Waals surface area contributed by atoms with E-state index in [2.05, 4.69) is 102 Å². The number of hydrogen-bond acceptors (Lipinski definition) is 0. The third-order valence-corrected chi connectivity index (χ3v) is 6.88. The van der Waals surface area contributed by atoms with Crippen LogP contribution in [0, 0.1) is 27.7 Å². The van der Waals surface area contributed by atoms with Crippen LogP contribution in [0.2, 0.25) is 0 Å². The maximum atomic E-state index is 2.61. The van der Waals surface area contributed by atoms with Crippen LogP contribution in [0.25, 0.3) is 43.4 Å². The molecule has 0 unspecified atom stereocenters. The fourth-order valence-corrected chi connectivity index (χ4v) is 5.29. The van der Waals surface area contributed by atoms with E-state index in [1.165, 1.54) is 65.6 Å².